The van der Waals surface area contributed by atoms with E-state index in [4.69, 9.17) is 0 Å². The number of aliphatic hydroxyl groups excluding tert-OH is 1. The molecule has 0 radical (unpaired) electrons. The lowest BCUT2D eigenvalue weighted by Gasteiger charge is -2.26. The van der Waals surface area contributed by atoms with Crippen LogP contribution >= 0.6 is 0 Å². The van der Waals surface area contributed by atoms with Gasteiger partial charge in [0.05, 0.1) is 12.6 Å². The van der Waals surface area contributed by atoms with Gasteiger partial charge in [-0.25, -0.2) is 4.98 Å². The van der Waals surface area contributed by atoms with Crippen LogP contribution in [0.3, 0.4) is 0 Å². The van der Waals surface area contributed by atoms with Gasteiger partial charge in [0.1, 0.15) is 5.82 Å². The summed E-state index contributed by atoms with van der Waals surface area (Å²) in [7, 11) is 1.86. The van der Waals surface area contributed by atoms with Gasteiger partial charge in [-0.1, -0.05) is 30.3 Å². The van der Waals surface area contributed by atoms with Crippen LogP contribution < -0.4 is 5.32 Å². The summed E-state index contributed by atoms with van der Waals surface area (Å²) in [5, 5.41) is 13.2. The Morgan fingerprint density at radius 1 is 1.35 bits per heavy atom. The molecule has 120 valence electrons. The van der Waals surface area contributed by atoms with Gasteiger partial charge < -0.3 is 10.4 Å². The first-order valence-electron chi connectivity index (χ1n) is 7.73. The predicted molar refractivity (Wildman–Crippen MR) is 89.1 cm³/mol. The maximum atomic E-state index is 12.2. The molecule has 3 rings (SSSR count). The number of carbonyl (C=O) groups excluding carboxylic acids is 1. The number of anilines is 1. The lowest BCUT2D eigenvalue weighted by molar-refractivity contribution is -0.118. The highest BCUT2D eigenvalue weighted by Crippen LogP contribution is 2.33. The van der Waals surface area contributed by atoms with E-state index in [0.717, 1.165) is 23.1 Å². The molecule has 5 heteroatoms. The van der Waals surface area contributed by atoms with Crippen LogP contribution in [0.5, 0.6) is 0 Å². The average molecular weight is 311 g/mol. The van der Waals surface area contributed by atoms with Crippen LogP contribution in [0, 0.1) is 6.92 Å². The fraction of sp³-hybridized carbons (Fsp3) is 0.333. The Labute approximate surface area is 136 Å². The van der Waals surface area contributed by atoms with Crippen LogP contribution in [-0.4, -0.2) is 40.5 Å². The first-order chi connectivity index (χ1) is 11.0. The monoisotopic (exact) mass is 311 g/mol. The molecule has 1 heterocycles. The molecule has 2 N–H and O–H groups in total. The van der Waals surface area contributed by atoms with E-state index >= 15 is 0 Å². The molecule has 0 fully saturated rings. The molecule has 1 aromatic carbocycles. The number of amides is 1. The van der Waals surface area contributed by atoms with Gasteiger partial charge in [-0.3, -0.25) is 9.69 Å². The maximum Gasteiger partial charge on any atom is 0.239 e. The number of fused-ring (bicyclic) bond motifs is 1. The summed E-state index contributed by atoms with van der Waals surface area (Å²) in [4.78, 5) is 18.2. The standard InChI is InChI=1S/C18H21N3O2/c1-12-7-8-16(19-10-12)20-17(22)11-21(2)15-9-13-5-3-4-6-14(13)18(15)23/h3-8,10,15,18,23H,9,11H2,1-2H3,(H,19,20,22). The van der Waals surface area contributed by atoms with Crippen molar-refractivity contribution >= 4 is 11.7 Å². The Balaban J connectivity index is 1.60. The Hall–Kier alpha value is -2.24. The molecule has 0 aliphatic heterocycles. The molecule has 0 bridgehead atoms. The molecule has 2 unspecified atom stereocenters. The molecule has 2 atom stereocenters. The maximum absolute atomic E-state index is 12.2. The molecule has 1 amide bonds. The zero-order chi connectivity index (χ0) is 16.4. The summed E-state index contributed by atoms with van der Waals surface area (Å²) >= 11 is 0. The molecule has 0 spiro atoms. The molecular formula is C18H21N3O2. The van der Waals surface area contributed by atoms with Crippen LogP contribution in [0.2, 0.25) is 0 Å². The number of pyridine rings is 1. The van der Waals surface area contributed by atoms with Gasteiger partial charge >= 0.3 is 0 Å². The number of hydrogen-bond acceptors (Lipinski definition) is 4. The summed E-state index contributed by atoms with van der Waals surface area (Å²) < 4.78 is 0. The van der Waals surface area contributed by atoms with E-state index in [0.29, 0.717) is 5.82 Å². The topological polar surface area (TPSA) is 65.5 Å². The third-order valence-corrected chi connectivity index (χ3v) is 4.31. The number of nitrogens with zero attached hydrogens (tertiary/aromatic N) is 2. The Kier molecular flexibility index (Phi) is 4.41. The molecular weight excluding hydrogens is 290 g/mol. The van der Waals surface area contributed by atoms with Crippen LogP contribution in [-0.2, 0) is 11.2 Å². The van der Waals surface area contributed by atoms with Crippen LogP contribution in [0.15, 0.2) is 42.6 Å². The van der Waals surface area contributed by atoms with E-state index in [9.17, 15) is 9.90 Å². The fourth-order valence-electron chi connectivity index (χ4n) is 3.02. The number of aromatic nitrogens is 1. The van der Waals surface area contributed by atoms with E-state index in [-0.39, 0.29) is 18.5 Å². The highest BCUT2D eigenvalue weighted by Gasteiger charge is 2.33. The molecule has 1 aliphatic carbocycles. The third kappa shape index (κ3) is 3.41. The second-order valence-corrected chi connectivity index (χ2v) is 6.10. The van der Waals surface area contributed by atoms with Crippen molar-refractivity contribution in [3.05, 3.63) is 59.3 Å². The largest absolute Gasteiger partial charge is 0.387 e. The van der Waals surface area contributed by atoms with Gasteiger partial charge in [0.15, 0.2) is 0 Å². The normalized spacial score (nSPS) is 19.7. The highest BCUT2D eigenvalue weighted by atomic mass is 16.3. The smallest absolute Gasteiger partial charge is 0.239 e. The molecule has 2 aromatic rings. The molecule has 5 nitrogen and oxygen atoms in total. The lowest BCUT2D eigenvalue weighted by atomic mass is 10.1. The van der Waals surface area contributed by atoms with Crippen LogP contribution in [0.4, 0.5) is 5.82 Å². The molecule has 1 aromatic heterocycles. The molecule has 0 saturated carbocycles. The SMILES string of the molecule is Cc1ccc(NC(=O)CN(C)C2Cc3ccccc3C2O)nc1. The van der Waals surface area contributed by atoms with Gasteiger partial charge in [-0.15, -0.1) is 0 Å². The fourth-order valence-corrected chi connectivity index (χ4v) is 3.02. The second kappa shape index (κ2) is 6.48. The van der Waals surface area contributed by atoms with E-state index in [1.165, 1.54) is 0 Å². The summed E-state index contributed by atoms with van der Waals surface area (Å²) in [6.45, 7) is 2.16. The summed E-state index contributed by atoms with van der Waals surface area (Å²) in [6.07, 6.45) is 1.92. The van der Waals surface area contributed by atoms with E-state index in [2.05, 4.69) is 10.3 Å². The van der Waals surface area contributed by atoms with Gasteiger partial charge in [-0.2, -0.15) is 0 Å². The van der Waals surface area contributed by atoms with E-state index in [1.807, 2.05) is 49.2 Å². The van der Waals surface area contributed by atoms with Crippen molar-refractivity contribution in [2.24, 2.45) is 0 Å². The molecule has 23 heavy (non-hydrogen) atoms. The van der Waals surface area contributed by atoms with Gasteiger partial charge in [-0.05, 0) is 43.1 Å². The second-order valence-electron chi connectivity index (χ2n) is 6.10. The molecule has 1 aliphatic rings. The van der Waals surface area contributed by atoms with Crippen LogP contribution in [0.25, 0.3) is 0 Å². The van der Waals surface area contributed by atoms with Crippen molar-refractivity contribution in [3.8, 4) is 0 Å². The number of aliphatic hydroxyl groups is 1. The average Bonchev–Trinajstić information content (AvgIpc) is 2.87. The summed E-state index contributed by atoms with van der Waals surface area (Å²) in [5.74, 6) is 0.413. The minimum Gasteiger partial charge on any atom is -0.387 e. The number of benzene rings is 1. The zero-order valence-electron chi connectivity index (χ0n) is 13.4. The Morgan fingerprint density at radius 2 is 2.13 bits per heavy atom. The van der Waals surface area contributed by atoms with Crippen molar-refractivity contribution in [1.29, 1.82) is 0 Å². The number of hydrogen-bond donors (Lipinski definition) is 2. The number of aryl methyl sites for hydroxylation is 1. The van der Waals surface area contributed by atoms with Gasteiger partial charge in [0.2, 0.25) is 5.91 Å². The number of rotatable bonds is 4. The Morgan fingerprint density at radius 3 is 2.83 bits per heavy atom. The quantitative estimate of drug-likeness (QED) is 0.905. The predicted octanol–water partition coefficient (Wildman–Crippen LogP) is 1.92. The third-order valence-electron chi connectivity index (χ3n) is 4.31. The van der Waals surface area contributed by atoms with E-state index < -0.39 is 6.10 Å². The van der Waals surface area contributed by atoms with Gasteiger partial charge in [0.25, 0.3) is 0 Å². The minimum absolute atomic E-state index is 0.0795. The van der Waals surface area contributed by atoms with Crippen molar-refractivity contribution in [1.82, 2.24) is 9.88 Å². The minimum atomic E-state index is -0.554. The van der Waals surface area contributed by atoms with Crippen LogP contribution in [0.1, 0.15) is 22.8 Å². The molecule has 0 saturated heterocycles. The van der Waals surface area contributed by atoms with Crippen molar-refractivity contribution in [2.75, 3.05) is 18.9 Å². The number of nitrogens with one attached hydrogen (secondary N) is 1. The van der Waals surface area contributed by atoms with E-state index in [1.54, 1.807) is 12.3 Å². The van der Waals surface area contributed by atoms with Crippen molar-refractivity contribution < 1.29 is 9.90 Å². The summed E-state index contributed by atoms with van der Waals surface area (Å²) in [5.41, 5.74) is 3.16. The van der Waals surface area contributed by atoms with Crippen molar-refractivity contribution in [2.45, 2.75) is 25.5 Å². The summed E-state index contributed by atoms with van der Waals surface area (Å²) in [6, 6.07) is 11.5. The Bertz CT molecular complexity index is 700. The first-order valence-corrected chi connectivity index (χ1v) is 7.73. The number of likely N-dealkylation sites (N-methyl/N-ethyl adjacent to an activating group) is 1. The number of carbonyl (C=O) groups is 1. The van der Waals surface area contributed by atoms with Crippen molar-refractivity contribution in [3.63, 3.8) is 0 Å². The first kappa shape index (κ1) is 15.6. The lowest BCUT2D eigenvalue weighted by Crippen LogP contribution is -2.40. The zero-order valence-corrected chi connectivity index (χ0v) is 13.4. The van der Waals surface area contributed by atoms with Gasteiger partial charge in [0, 0.05) is 12.2 Å². The highest BCUT2D eigenvalue weighted by molar-refractivity contribution is 5.91.